The molecule has 2 aliphatic rings. The summed E-state index contributed by atoms with van der Waals surface area (Å²) >= 11 is -4.81. The fourth-order valence-corrected chi connectivity index (χ4v) is 39.4. The molecule has 0 fully saturated rings. The van der Waals surface area contributed by atoms with Crippen molar-refractivity contribution in [2.24, 2.45) is 0 Å². The quantitative estimate of drug-likeness (QED) is 0.167. The van der Waals surface area contributed by atoms with E-state index >= 15 is 0 Å². The zero-order valence-corrected chi connectivity index (χ0v) is 30.9. The van der Waals surface area contributed by atoms with Crippen molar-refractivity contribution >= 4 is 19.1 Å². The Morgan fingerprint density at radius 2 is 0.927 bits per heavy atom. The van der Waals surface area contributed by atoms with Crippen LogP contribution in [0.25, 0.3) is 34.4 Å². The molecule has 0 N–H and O–H groups in total. The maximum absolute atomic E-state index is 4.81. The number of hydrogen-bond donors (Lipinski definition) is 0. The second kappa shape index (κ2) is 8.74. The van der Waals surface area contributed by atoms with Crippen LogP contribution in [0.5, 0.6) is 0 Å². The van der Waals surface area contributed by atoms with E-state index < -0.39 is 14.2 Å². The SMILES string of the molecule is CCc1ccccc1-c1cccc2c1C=C[CH]2[Hf]([CH3])([CH3])([CH3])(=[SiH2])([CH2]C)[CH]1C=Cc2c(-c3ccccc3CC)cccc21. The van der Waals surface area contributed by atoms with Crippen LogP contribution < -0.4 is 0 Å². The molecule has 0 saturated carbocycles. The van der Waals surface area contributed by atoms with Gasteiger partial charge in [0.05, 0.1) is 0 Å². The molecule has 4 aromatic rings. The Morgan fingerprint density at radius 1 is 0.537 bits per heavy atom. The van der Waals surface area contributed by atoms with E-state index in [1.54, 1.807) is 0 Å². The fraction of sp³-hybridized carbons (Fsp3) is 0.282. The summed E-state index contributed by atoms with van der Waals surface area (Å²) in [5, 5.41) is 0. The Hall–Kier alpha value is -2.55. The van der Waals surface area contributed by atoms with Crippen LogP contribution in [-0.4, -0.2) is 6.94 Å². The zero-order chi connectivity index (χ0) is 29.2. The van der Waals surface area contributed by atoms with E-state index in [-0.39, 0.29) is 0 Å². The summed E-state index contributed by atoms with van der Waals surface area (Å²) in [4.78, 5) is 0. The third kappa shape index (κ3) is 4.08. The summed E-state index contributed by atoms with van der Waals surface area (Å²) in [6, 6.07) is 32.2. The van der Waals surface area contributed by atoms with Gasteiger partial charge in [0.25, 0.3) is 0 Å². The minimum absolute atomic E-state index is 0.429. The first-order valence-electron chi connectivity index (χ1n) is 15.7. The Bertz CT molecular complexity index is 1770. The first kappa shape index (κ1) is 28.6. The van der Waals surface area contributed by atoms with Crippen LogP contribution in [0.15, 0.2) is 97.1 Å². The first-order chi connectivity index (χ1) is 19.4. The van der Waals surface area contributed by atoms with Gasteiger partial charge in [-0.1, -0.05) is 0 Å². The van der Waals surface area contributed by atoms with Gasteiger partial charge in [-0.15, -0.1) is 0 Å². The van der Waals surface area contributed by atoms with Gasteiger partial charge < -0.3 is 0 Å². The number of hydrogen-bond acceptors (Lipinski definition) is 0. The molecular formula is C39H46HfSi. The van der Waals surface area contributed by atoms with Crippen molar-refractivity contribution in [2.45, 2.75) is 59.2 Å². The van der Waals surface area contributed by atoms with Gasteiger partial charge in [0.2, 0.25) is 0 Å². The second-order valence-electron chi connectivity index (χ2n) is 16.3. The predicted molar refractivity (Wildman–Crippen MR) is 183 cm³/mol. The van der Waals surface area contributed by atoms with Crippen molar-refractivity contribution in [1.82, 2.24) is 0 Å². The molecule has 0 aromatic heterocycles. The van der Waals surface area contributed by atoms with E-state index in [1.165, 1.54) is 59.8 Å². The van der Waals surface area contributed by atoms with Gasteiger partial charge in [-0.2, -0.15) is 0 Å². The number of allylic oxidation sites excluding steroid dienone is 2. The molecule has 2 heteroatoms. The van der Waals surface area contributed by atoms with E-state index in [1.807, 2.05) is 0 Å². The Labute approximate surface area is 243 Å². The Kier molecular flexibility index (Phi) is 6.09. The van der Waals surface area contributed by atoms with E-state index in [4.69, 9.17) is 0 Å². The molecular weight excluding hydrogens is 675 g/mol. The summed E-state index contributed by atoms with van der Waals surface area (Å²) in [5.41, 5.74) is 14.4. The van der Waals surface area contributed by atoms with Gasteiger partial charge in [-0.25, -0.2) is 0 Å². The van der Waals surface area contributed by atoms with E-state index in [0.717, 1.165) is 12.8 Å². The number of aryl methyl sites for hydroxylation is 2. The standard InChI is InChI=1S/2C17H15.C2H5.3CH3.Hf.H2Si/c2*1-2-13-7-3-4-10-15(13)17-12-6-9-14-8-5-11-16(14)17;1-2;;;;;/h2*3-12H,2H2,1H3;1H2,2H3;3*1H3;;1H2. The molecule has 0 nitrogen and oxygen atoms in total. The molecule has 0 spiro atoms. The molecule has 2 aliphatic carbocycles. The summed E-state index contributed by atoms with van der Waals surface area (Å²) in [6.07, 6.45) is 12.3. The van der Waals surface area contributed by atoms with E-state index in [2.05, 4.69) is 151 Å². The van der Waals surface area contributed by atoms with Gasteiger partial charge in [0, 0.05) is 0 Å². The zero-order valence-electron chi connectivity index (χ0n) is 25.9. The molecule has 2 unspecified atom stereocenters. The van der Waals surface area contributed by atoms with Gasteiger partial charge in [0.1, 0.15) is 0 Å². The molecule has 0 amide bonds. The molecule has 2 atom stereocenters. The molecule has 0 heterocycles. The second-order valence-corrected chi connectivity index (χ2v) is 98.7. The van der Waals surface area contributed by atoms with E-state index in [0.29, 0.717) is 7.35 Å². The summed E-state index contributed by atoms with van der Waals surface area (Å²) in [5.74, 6) is 0. The molecule has 210 valence electrons. The first-order valence-corrected chi connectivity index (χ1v) is 41.5. The average Bonchev–Trinajstić information content (AvgIpc) is 3.64. The van der Waals surface area contributed by atoms with Crippen molar-refractivity contribution in [3.8, 4) is 22.3 Å². The van der Waals surface area contributed by atoms with Crippen LogP contribution in [-0.2, 0) is 27.0 Å². The molecule has 0 aliphatic heterocycles. The van der Waals surface area contributed by atoms with Gasteiger partial charge >= 0.3 is 245 Å². The fourth-order valence-electron chi connectivity index (χ4n) is 8.47. The molecule has 0 bridgehead atoms. The molecule has 0 radical (unpaired) electrons. The molecule has 6 rings (SSSR count). The Morgan fingerprint density at radius 3 is 1.32 bits per heavy atom. The topological polar surface area (TPSA) is 0 Å². The predicted octanol–water partition coefficient (Wildman–Crippen LogP) is 10.9. The van der Waals surface area contributed by atoms with Gasteiger partial charge in [-0.3, -0.25) is 0 Å². The van der Waals surface area contributed by atoms with Crippen molar-refractivity contribution in [3.63, 3.8) is 0 Å². The van der Waals surface area contributed by atoms with Crippen molar-refractivity contribution < 1.29 is 14.2 Å². The Balaban J connectivity index is 1.56. The van der Waals surface area contributed by atoms with Crippen molar-refractivity contribution in [2.75, 3.05) is 0 Å². The monoisotopic (exact) mass is 722 g/mol. The summed E-state index contributed by atoms with van der Waals surface area (Å²) in [6.45, 7) is 9.50. The van der Waals surface area contributed by atoms with Crippen LogP contribution in [0.1, 0.15) is 61.5 Å². The third-order valence-electron chi connectivity index (χ3n) is 12.1. The number of rotatable bonds is 7. The van der Waals surface area contributed by atoms with Crippen LogP contribution in [0.3, 0.4) is 0 Å². The molecule has 41 heavy (non-hydrogen) atoms. The van der Waals surface area contributed by atoms with Crippen LogP contribution in [0.4, 0.5) is 0 Å². The third-order valence-corrected chi connectivity index (χ3v) is 61.6. The van der Waals surface area contributed by atoms with Crippen LogP contribution in [0, 0.1) is 0 Å². The average molecular weight is 721 g/mol. The van der Waals surface area contributed by atoms with Crippen molar-refractivity contribution in [1.29, 1.82) is 0 Å². The summed E-state index contributed by atoms with van der Waals surface area (Å²) in [7, 11) is 0. The van der Waals surface area contributed by atoms with Crippen molar-refractivity contribution in [3.05, 3.63) is 130 Å². The minimum atomic E-state index is -4.81. The molecule has 0 saturated heterocycles. The number of fused-ring (bicyclic) bond motifs is 2. The molecule has 4 aromatic carbocycles. The normalized spacial score (nSPS) is 20.1. The van der Waals surface area contributed by atoms with Crippen LogP contribution in [0.2, 0.25) is 18.2 Å². The van der Waals surface area contributed by atoms with E-state index in [9.17, 15) is 0 Å². The van der Waals surface area contributed by atoms with Gasteiger partial charge in [-0.05, 0) is 0 Å². The number of benzene rings is 4. The summed E-state index contributed by atoms with van der Waals surface area (Å²) < 4.78 is 10.4. The van der Waals surface area contributed by atoms with Gasteiger partial charge in [0.15, 0.2) is 0 Å². The van der Waals surface area contributed by atoms with Crippen LogP contribution >= 0.6 is 0 Å². The maximum atomic E-state index is 2.79.